The molecule has 128 valence electrons. The molecule has 24 heavy (non-hydrogen) atoms. The largest absolute Gasteiger partial charge is 0.485 e. The van der Waals surface area contributed by atoms with Crippen LogP contribution in [0.2, 0.25) is 0 Å². The van der Waals surface area contributed by atoms with Gasteiger partial charge < -0.3 is 20.2 Å². The average molecular weight is 328 g/mol. The smallest absolute Gasteiger partial charge is 0.287 e. The van der Waals surface area contributed by atoms with Gasteiger partial charge >= 0.3 is 0 Å². The Balaban J connectivity index is 1.57. The molecule has 5 heteroatoms. The van der Waals surface area contributed by atoms with Crippen molar-refractivity contribution in [1.29, 1.82) is 0 Å². The number of hydrogen-bond acceptors (Lipinski definition) is 4. The van der Waals surface area contributed by atoms with Crippen LogP contribution in [0, 0.1) is 19.8 Å². The van der Waals surface area contributed by atoms with Crippen LogP contribution in [-0.2, 0) is 6.61 Å². The second kappa shape index (κ2) is 7.09. The molecule has 1 fully saturated rings. The lowest BCUT2D eigenvalue weighted by Crippen LogP contribution is -2.41. The van der Waals surface area contributed by atoms with E-state index in [2.05, 4.69) is 11.4 Å². The standard InChI is InChI=1S/C19H24N2O3/c1-12-3-7-17(13(2)9-12)23-11-15-6-8-18(24-15)19(22)21-16(10-20)14-4-5-14/h3,6-9,14,16H,4-5,10-11,20H2,1-2H3,(H,21,22). The number of nitrogens with one attached hydrogen (secondary N) is 1. The SMILES string of the molecule is Cc1ccc(OCc2ccc(C(=O)NC(CN)C3CC3)o2)c(C)c1. The number of carbonyl (C=O) groups is 1. The van der Waals surface area contributed by atoms with Crippen molar-refractivity contribution >= 4 is 5.91 Å². The summed E-state index contributed by atoms with van der Waals surface area (Å²) in [5.41, 5.74) is 7.99. The Morgan fingerprint density at radius 3 is 2.79 bits per heavy atom. The third-order valence-corrected chi connectivity index (χ3v) is 4.35. The predicted molar refractivity (Wildman–Crippen MR) is 92.0 cm³/mol. The molecule has 1 heterocycles. The fourth-order valence-electron chi connectivity index (χ4n) is 2.80. The summed E-state index contributed by atoms with van der Waals surface area (Å²) < 4.78 is 11.4. The van der Waals surface area contributed by atoms with E-state index in [1.54, 1.807) is 12.1 Å². The molecule has 0 radical (unpaired) electrons. The van der Waals surface area contributed by atoms with E-state index in [1.165, 1.54) is 5.56 Å². The monoisotopic (exact) mass is 328 g/mol. The Kier molecular flexibility index (Phi) is 4.90. The van der Waals surface area contributed by atoms with Gasteiger partial charge in [0.25, 0.3) is 5.91 Å². The maximum absolute atomic E-state index is 12.2. The van der Waals surface area contributed by atoms with Gasteiger partial charge in [-0.3, -0.25) is 4.79 Å². The normalized spacial score (nSPS) is 15.1. The van der Waals surface area contributed by atoms with Crippen molar-refractivity contribution in [3.8, 4) is 5.75 Å². The summed E-state index contributed by atoms with van der Waals surface area (Å²) in [5, 5.41) is 2.95. The molecule has 0 bridgehead atoms. The topological polar surface area (TPSA) is 77.5 Å². The first-order valence-corrected chi connectivity index (χ1v) is 8.36. The van der Waals surface area contributed by atoms with Gasteiger partial charge in [-0.2, -0.15) is 0 Å². The number of benzene rings is 1. The van der Waals surface area contributed by atoms with Crippen LogP contribution < -0.4 is 15.8 Å². The molecule has 0 spiro atoms. The first-order valence-electron chi connectivity index (χ1n) is 8.36. The third kappa shape index (κ3) is 3.97. The highest BCUT2D eigenvalue weighted by Crippen LogP contribution is 2.32. The zero-order valence-electron chi connectivity index (χ0n) is 14.2. The van der Waals surface area contributed by atoms with Crippen LogP contribution in [0.1, 0.15) is 40.3 Å². The fraction of sp³-hybridized carbons (Fsp3) is 0.421. The van der Waals surface area contributed by atoms with Crippen molar-refractivity contribution < 1.29 is 13.9 Å². The molecule has 1 atom stereocenters. The van der Waals surface area contributed by atoms with Crippen molar-refractivity contribution in [2.75, 3.05) is 6.54 Å². The molecule has 1 aromatic heterocycles. The van der Waals surface area contributed by atoms with Crippen LogP contribution in [-0.4, -0.2) is 18.5 Å². The van der Waals surface area contributed by atoms with Crippen molar-refractivity contribution in [2.45, 2.75) is 39.3 Å². The summed E-state index contributed by atoms with van der Waals surface area (Å²) in [6, 6.07) is 9.51. The van der Waals surface area contributed by atoms with E-state index < -0.39 is 0 Å². The number of ether oxygens (including phenoxy) is 1. The maximum atomic E-state index is 12.2. The molecular formula is C19H24N2O3. The first kappa shape index (κ1) is 16.6. The molecule has 1 unspecified atom stereocenters. The molecule has 0 aliphatic heterocycles. The number of carbonyl (C=O) groups excluding carboxylic acids is 1. The highest BCUT2D eigenvalue weighted by atomic mass is 16.5. The summed E-state index contributed by atoms with van der Waals surface area (Å²) in [5.74, 6) is 2.04. The van der Waals surface area contributed by atoms with E-state index in [0.29, 0.717) is 30.6 Å². The van der Waals surface area contributed by atoms with Crippen LogP contribution in [0.3, 0.4) is 0 Å². The Morgan fingerprint density at radius 1 is 1.33 bits per heavy atom. The van der Waals surface area contributed by atoms with Crippen molar-refractivity contribution in [1.82, 2.24) is 5.32 Å². The summed E-state index contributed by atoms with van der Waals surface area (Å²) in [6.07, 6.45) is 2.27. The van der Waals surface area contributed by atoms with Crippen molar-refractivity contribution in [3.63, 3.8) is 0 Å². The highest BCUT2D eigenvalue weighted by Gasteiger charge is 2.31. The van der Waals surface area contributed by atoms with Gasteiger partial charge in [0.15, 0.2) is 5.76 Å². The van der Waals surface area contributed by atoms with Crippen LogP contribution in [0.4, 0.5) is 0 Å². The molecular weight excluding hydrogens is 304 g/mol. The molecule has 5 nitrogen and oxygen atoms in total. The van der Waals surface area contributed by atoms with Crippen LogP contribution >= 0.6 is 0 Å². The fourth-order valence-corrected chi connectivity index (χ4v) is 2.80. The minimum absolute atomic E-state index is 0.0394. The lowest BCUT2D eigenvalue weighted by Gasteiger charge is -2.14. The molecule has 0 saturated heterocycles. The molecule has 1 amide bonds. The van der Waals surface area contributed by atoms with Gasteiger partial charge in [0.2, 0.25) is 0 Å². The summed E-state index contributed by atoms with van der Waals surface area (Å²) in [4.78, 5) is 12.2. The zero-order chi connectivity index (χ0) is 17.1. The number of rotatable bonds is 7. The average Bonchev–Trinajstić information content (AvgIpc) is 3.29. The quantitative estimate of drug-likeness (QED) is 0.819. The van der Waals surface area contributed by atoms with Gasteiger partial charge in [0.1, 0.15) is 18.1 Å². The van der Waals surface area contributed by atoms with Gasteiger partial charge in [0, 0.05) is 12.6 Å². The molecule has 3 rings (SSSR count). The van der Waals surface area contributed by atoms with Crippen molar-refractivity contribution in [2.24, 2.45) is 11.7 Å². The lowest BCUT2D eigenvalue weighted by molar-refractivity contribution is 0.0901. The second-order valence-electron chi connectivity index (χ2n) is 6.48. The number of aryl methyl sites for hydroxylation is 2. The number of nitrogens with two attached hydrogens (primary N) is 1. The number of furan rings is 1. The molecule has 1 saturated carbocycles. The zero-order valence-corrected chi connectivity index (χ0v) is 14.2. The molecule has 2 aromatic rings. The molecule has 3 N–H and O–H groups in total. The minimum Gasteiger partial charge on any atom is -0.485 e. The molecule has 1 aliphatic carbocycles. The first-order chi connectivity index (χ1) is 11.6. The second-order valence-corrected chi connectivity index (χ2v) is 6.48. The minimum atomic E-state index is -0.213. The van der Waals surface area contributed by atoms with Crippen molar-refractivity contribution in [3.05, 3.63) is 53.0 Å². The maximum Gasteiger partial charge on any atom is 0.287 e. The number of hydrogen-bond donors (Lipinski definition) is 2. The van der Waals surface area contributed by atoms with Gasteiger partial charge in [0.05, 0.1) is 0 Å². The van der Waals surface area contributed by atoms with Gasteiger partial charge in [-0.05, 0) is 56.4 Å². The predicted octanol–water partition coefficient (Wildman–Crippen LogP) is 2.94. The van der Waals surface area contributed by atoms with E-state index in [9.17, 15) is 4.79 Å². The van der Waals surface area contributed by atoms with E-state index in [4.69, 9.17) is 14.9 Å². The van der Waals surface area contributed by atoms with E-state index in [-0.39, 0.29) is 11.9 Å². The molecule has 1 aliphatic rings. The van der Waals surface area contributed by atoms with Gasteiger partial charge in [-0.1, -0.05) is 17.7 Å². The summed E-state index contributed by atoms with van der Waals surface area (Å²) in [6.45, 7) is 4.80. The number of amides is 1. The Bertz CT molecular complexity index is 719. The Labute approximate surface area is 142 Å². The van der Waals surface area contributed by atoms with E-state index >= 15 is 0 Å². The third-order valence-electron chi connectivity index (χ3n) is 4.35. The highest BCUT2D eigenvalue weighted by molar-refractivity contribution is 5.91. The van der Waals surface area contributed by atoms with E-state index in [0.717, 1.165) is 24.2 Å². The van der Waals surface area contributed by atoms with Gasteiger partial charge in [-0.25, -0.2) is 0 Å². The van der Waals surface area contributed by atoms with Crippen LogP contribution in [0.15, 0.2) is 34.7 Å². The summed E-state index contributed by atoms with van der Waals surface area (Å²) in [7, 11) is 0. The molecule has 1 aromatic carbocycles. The summed E-state index contributed by atoms with van der Waals surface area (Å²) >= 11 is 0. The lowest BCUT2D eigenvalue weighted by atomic mass is 10.1. The van der Waals surface area contributed by atoms with E-state index in [1.807, 2.05) is 26.0 Å². The van der Waals surface area contributed by atoms with Crippen LogP contribution in [0.5, 0.6) is 5.75 Å². The Morgan fingerprint density at radius 2 is 2.12 bits per heavy atom. The Hall–Kier alpha value is -2.27. The van der Waals surface area contributed by atoms with Gasteiger partial charge in [-0.15, -0.1) is 0 Å². The van der Waals surface area contributed by atoms with Crippen LogP contribution in [0.25, 0.3) is 0 Å².